The fourth-order valence-corrected chi connectivity index (χ4v) is 1.69. The standard InChI is InChI=1S/C10H13NO/c1-4-8-6(2)10(7(3)11-8)9-5-12-9/h4,9,11H,1,5H2,2-3H3. The van der Waals surface area contributed by atoms with E-state index >= 15 is 0 Å². The molecule has 1 aliphatic rings. The smallest absolute Gasteiger partial charge is 0.108 e. The topological polar surface area (TPSA) is 28.3 Å². The van der Waals surface area contributed by atoms with Crippen molar-refractivity contribution in [3.63, 3.8) is 0 Å². The van der Waals surface area contributed by atoms with Crippen LogP contribution >= 0.6 is 0 Å². The number of aromatic nitrogens is 1. The summed E-state index contributed by atoms with van der Waals surface area (Å²) in [6.07, 6.45) is 2.20. The lowest BCUT2D eigenvalue weighted by atomic mass is 10.1. The van der Waals surface area contributed by atoms with Crippen molar-refractivity contribution in [3.05, 3.63) is 29.1 Å². The molecular formula is C10H13NO. The van der Waals surface area contributed by atoms with E-state index in [4.69, 9.17) is 4.74 Å². The molecule has 2 nitrogen and oxygen atoms in total. The minimum Gasteiger partial charge on any atom is -0.368 e. The Labute approximate surface area is 72.2 Å². The van der Waals surface area contributed by atoms with E-state index in [0.29, 0.717) is 6.10 Å². The number of epoxide rings is 1. The second-order valence-electron chi connectivity index (χ2n) is 3.23. The van der Waals surface area contributed by atoms with Gasteiger partial charge in [-0.25, -0.2) is 0 Å². The summed E-state index contributed by atoms with van der Waals surface area (Å²) >= 11 is 0. The molecule has 0 spiro atoms. The SMILES string of the molecule is C=Cc1[nH]c(C)c(C2CO2)c1C. The van der Waals surface area contributed by atoms with E-state index < -0.39 is 0 Å². The minimum absolute atomic E-state index is 0.343. The third-order valence-electron chi connectivity index (χ3n) is 2.39. The highest BCUT2D eigenvalue weighted by Crippen LogP contribution is 2.35. The van der Waals surface area contributed by atoms with E-state index in [2.05, 4.69) is 25.4 Å². The summed E-state index contributed by atoms with van der Waals surface area (Å²) in [6.45, 7) is 8.81. The molecule has 2 heteroatoms. The molecule has 2 heterocycles. The van der Waals surface area contributed by atoms with Crippen molar-refractivity contribution in [1.29, 1.82) is 0 Å². The Bertz CT molecular complexity index is 321. The summed E-state index contributed by atoms with van der Waals surface area (Å²) in [6, 6.07) is 0. The van der Waals surface area contributed by atoms with Gasteiger partial charge in [0.15, 0.2) is 0 Å². The summed E-state index contributed by atoms with van der Waals surface area (Å²) in [7, 11) is 0. The van der Waals surface area contributed by atoms with Gasteiger partial charge in [-0.2, -0.15) is 0 Å². The van der Waals surface area contributed by atoms with Crippen LogP contribution in [0.25, 0.3) is 6.08 Å². The molecule has 1 unspecified atom stereocenters. The van der Waals surface area contributed by atoms with Crippen molar-refractivity contribution in [3.8, 4) is 0 Å². The Kier molecular flexibility index (Phi) is 1.58. The van der Waals surface area contributed by atoms with Gasteiger partial charge in [0.25, 0.3) is 0 Å². The van der Waals surface area contributed by atoms with Crippen molar-refractivity contribution in [2.75, 3.05) is 6.61 Å². The molecule has 0 amide bonds. The van der Waals surface area contributed by atoms with Crippen LogP contribution in [0.4, 0.5) is 0 Å². The summed E-state index contributed by atoms with van der Waals surface area (Å²) in [5.74, 6) is 0. The summed E-state index contributed by atoms with van der Waals surface area (Å²) in [4.78, 5) is 3.29. The zero-order valence-electron chi connectivity index (χ0n) is 7.48. The Morgan fingerprint density at radius 1 is 1.58 bits per heavy atom. The molecule has 0 aromatic carbocycles. The van der Waals surface area contributed by atoms with Crippen LogP contribution in [0.15, 0.2) is 6.58 Å². The van der Waals surface area contributed by atoms with Crippen LogP contribution < -0.4 is 0 Å². The molecule has 1 atom stereocenters. The van der Waals surface area contributed by atoms with Crippen LogP contribution in [0.2, 0.25) is 0 Å². The first-order valence-electron chi connectivity index (χ1n) is 4.17. The summed E-state index contributed by atoms with van der Waals surface area (Å²) < 4.78 is 5.26. The quantitative estimate of drug-likeness (QED) is 0.666. The predicted molar refractivity (Wildman–Crippen MR) is 49.1 cm³/mol. The molecule has 1 aliphatic heterocycles. The molecule has 1 N–H and O–H groups in total. The van der Waals surface area contributed by atoms with Crippen LogP contribution in [0.3, 0.4) is 0 Å². The molecule has 1 aromatic rings. The summed E-state index contributed by atoms with van der Waals surface area (Å²) in [5.41, 5.74) is 4.94. The van der Waals surface area contributed by atoms with Crippen LogP contribution in [-0.4, -0.2) is 11.6 Å². The van der Waals surface area contributed by atoms with Crippen molar-refractivity contribution in [1.82, 2.24) is 4.98 Å². The largest absolute Gasteiger partial charge is 0.368 e. The Hall–Kier alpha value is -1.02. The maximum absolute atomic E-state index is 5.26. The van der Waals surface area contributed by atoms with E-state index in [1.165, 1.54) is 16.8 Å². The normalized spacial score (nSPS) is 21.0. The van der Waals surface area contributed by atoms with Gasteiger partial charge in [0.05, 0.1) is 6.61 Å². The highest BCUT2D eigenvalue weighted by Gasteiger charge is 2.29. The molecule has 0 aliphatic carbocycles. The number of hydrogen-bond donors (Lipinski definition) is 1. The average Bonchev–Trinajstić information content (AvgIpc) is 2.80. The lowest BCUT2D eigenvalue weighted by Gasteiger charge is -1.94. The zero-order valence-corrected chi connectivity index (χ0v) is 7.48. The molecule has 12 heavy (non-hydrogen) atoms. The Balaban J connectivity index is 2.50. The van der Waals surface area contributed by atoms with E-state index in [9.17, 15) is 0 Å². The average molecular weight is 163 g/mol. The molecule has 2 rings (SSSR count). The van der Waals surface area contributed by atoms with Gasteiger partial charge >= 0.3 is 0 Å². The van der Waals surface area contributed by atoms with Gasteiger partial charge in [-0.1, -0.05) is 6.58 Å². The second kappa shape index (κ2) is 2.49. The molecular weight excluding hydrogens is 150 g/mol. The van der Waals surface area contributed by atoms with Gasteiger partial charge in [0, 0.05) is 17.0 Å². The molecule has 0 radical (unpaired) electrons. The fourth-order valence-electron chi connectivity index (χ4n) is 1.69. The van der Waals surface area contributed by atoms with Crippen LogP contribution in [0.5, 0.6) is 0 Å². The molecule has 64 valence electrons. The van der Waals surface area contributed by atoms with Crippen LogP contribution in [-0.2, 0) is 4.74 Å². The van der Waals surface area contributed by atoms with Gasteiger partial charge in [-0.05, 0) is 25.5 Å². The van der Waals surface area contributed by atoms with Crippen molar-refractivity contribution in [2.24, 2.45) is 0 Å². The highest BCUT2D eigenvalue weighted by molar-refractivity contribution is 5.53. The minimum atomic E-state index is 0.343. The first kappa shape index (κ1) is 7.62. The van der Waals surface area contributed by atoms with Gasteiger partial charge in [-0.3, -0.25) is 0 Å². The fraction of sp³-hybridized carbons (Fsp3) is 0.400. The first-order chi connectivity index (χ1) is 5.74. The third-order valence-corrected chi connectivity index (χ3v) is 2.39. The number of H-pyrrole nitrogens is 1. The Morgan fingerprint density at radius 2 is 2.25 bits per heavy atom. The lowest BCUT2D eigenvalue weighted by Crippen LogP contribution is -1.84. The number of aromatic amines is 1. The number of rotatable bonds is 2. The third kappa shape index (κ3) is 0.994. The van der Waals surface area contributed by atoms with E-state index in [1.54, 1.807) is 0 Å². The Morgan fingerprint density at radius 3 is 2.67 bits per heavy atom. The maximum Gasteiger partial charge on any atom is 0.108 e. The van der Waals surface area contributed by atoms with Gasteiger partial charge in [0.1, 0.15) is 6.10 Å². The monoisotopic (exact) mass is 163 g/mol. The number of nitrogens with one attached hydrogen (secondary N) is 1. The van der Waals surface area contributed by atoms with Gasteiger partial charge in [-0.15, -0.1) is 0 Å². The van der Waals surface area contributed by atoms with Gasteiger partial charge < -0.3 is 9.72 Å². The highest BCUT2D eigenvalue weighted by atomic mass is 16.6. The van der Waals surface area contributed by atoms with Crippen molar-refractivity contribution < 1.29 is 4.74 Å². The molecule has 0 saturated carbocycles. The molecule has 1 fully saturated rings. The maximum atomic E-state index is 5.26. The number of aryl methyl sites for hydroxylation is 1. The molecule has 1 saturated heterocycles. The van der Waals surface area contributed by atoms with Gasteiger partial charge in [0.2, 0.25) is 0 Å². The van der Waals surface area contributed by atoms with E-state index in [1.807, 2.05) is 6.08 Å². The molecule has 0 bridgehead atoms. The second-order valence-corrected chi connectivity index (χ2v) is 3.23. The predicted octanol–water partition coefficient (Wildman–Crippen LogP) is 2.35. The zero-order chi connectivity index (χ0) is 8.72. The first-order valence-corrected chi connectivity index (χ1v) is 4.17. The van der Waals surface area contributed by atoms with E-state index in [0.717, 1.165) is 12.3 Å². The number of hydrogen-bond acceptors (Lipinski definition) is 1. The number of ether oxygens (including phenoxy) is 1. The molecule has 1 aromatic heterocycles. The van der Waals surface area contributed by atoms with Crippen LogP contribution in [0, 0.1) is 13.8 Å². The van der Waals surface area contributed by atoms with Crippen molar-refractivity contribution in [2.45, 2.75) is 20.0 Å². The van der Waals surface area contributed by atoms with Crippen molar-refractivity contribution >= 4 is 6.08 Å². The van der Waals surface area contributed by atoms with Crippen LogP contribution in [0.1, 0.15) is 28.6 Å². The van der Waals surface area contributed by atoms with E-state index in [-0.39, 0.29) is 0 Å². The summed E-state index contributed by atoms with van der Waals surface area (Å²) in [5, 5.41) is 0. The lowest BCUT2D eigenvalue weighted by molar-refractivity contribution is 0.414.